The minimum absolute atomic E-state index is 0.0415. The van der Waals surface area contributed by atoms with Crippen molar-refractivity contribution >= 4 is 0 Å². The lowest BCUT2D eigenvalue weighted by Gasteiger charge is -2.34. The Kier molecular flexibility index (Phi) is 4.60. The fourth-order valence-electron chi connectivity index (χ4n) is 1.80. The topological polar surface area (TPSA) is 40.5 Å². The van der Waals surface area contributed by atoms with E-state index in [0.29, 0.717) is 0 Å². The minimum atomic E-state index is -0.906. The maximum Gasteiger partial charge on any atom is 0.162 e. The zero-order chi connectivity index (χ0) is 13.1. The van der Waals surface area contributed by atoms with Gasteiger partial charge in [-0.3, -0.25) is 0 Å². The maximum atomic E-state index is 13.5. The predicted molar refractivity (Wildman–Crippen MR) is 61.5 cm³/mol. The smallest absolute Gasteiger partial charge is 0.162 e. The molecule has 0 aliphatic rings. The highest BCUT2D eigenvalue weighted by Crippen LogP contribution is 2.32. The first-order valence-corrected chi connectivity index (χ1v) is 5.61. The largest absolute Gasteiger partial charge is 0.396 e. The Hall–Kier alpha value is -1.00. The molecule has 2 nitrogen and oxygen atoms in total. The Morgan fingerprint density at radius 3 is 2.24 bits per heavy atom. The molecule has 0 aliphatic heterocycles. The van der Waals surface area contributed by atoms with E-state index in [1.165, 1.54) is 12.1 Å². The quantitative estimate of drug-likeness (QED) is 0.833. The molecule has 0 spiro atoms. The van der Waals surface area contributed by atoms with E-state index in [-0.39, 0.29) is 31.1 Å². The van der Waals surface area contributed by atoms with Gasteiger partial charge in [-0.05, 0) is 24.0 Å². The van der Waals surface area contributed by atoms with Gasteiger partial charge in [-0.15, -0.1) is 0 Å². The van der Waals surface area contributed by atoms with E-state index >= 15 is 0 Å². The van der Waals surface area contributed by atoms with Crippen LogP contribution in [0, 0.1) is 23.0 Å². The molecule has 0 heterocycles. The third kappa shape index (κ3) is 2.82. The SMILES string of the molecule is CC(C)C(CO)(CO)Cc1cccc(F)c1F. The Bertz CT molecular complexity index is 374. The van der Waals surface area contributed by atoms with E-state index in [0.717, 1.165) is 6.07 Å². The highest BCUT2D eigenvalue weighted by molar-refractivity contribution is 5.20. The van der Waals surface area contributed by atoms with Gasteiger partial charge in [-0.2, -0.15) is 0 Å². The number of hydrogen-bond donors (Lipinski definition) is 2. The fourth-order valence-corrected chi connectivity index (χ4v) is 1.80. The van der Waals surface area contributed by atoms with Crippen LogP contribution >= 0.6 is 0 Å². The van der Waals surface area contributed by atoms with Crippen LogP contribution in [0.1, 0.15) is 19.4 Å². The summed E-state index contributed by atoms with van der Waals surface area (Å²) in [6.45, 7) is 3.14. The molecule has 0 saturated heterocycles. The summed E-state index contributed by atoms with van der Waals surface area (Å²) < 4.78 is 26.6. The molecule has 0 atom stereocenters. The van der Waals surface area contributed by atoms with Crippen LogP contribution in [0.25, 0.3) is 0 Å². The normalized spacial score (nSPS) is 12.2. The highest BCUT2D eigenvalue weighted by atomic mass is 19.2. The lowest BCUT2D eigenvalue weighted by molar-refractivity contribution is 0.0156. The van der Waals surface area contributed by atoms with Gasteiger partial charge in [0, 0.05) is 5.41 Å². The van der Waals surface area contributed by atoms with Gasteiger partial charge in [0.2, 0.25) is 0 Å². The van der Waals surface area contributed by atoms with Crippen molar-refractivity contribution in [1.29, 1.82) is 0 Å². The van der Waals surface area contributed by atoms with Gasteiger partial charge in [0.15, 0.2) is 11.6 Å². The molecular weight excluding hydrogens is 226 g/mol. The maximum absolute atomic E-state index is 13.5. The van der Waals surface area contributed by atoms with E-state index in [4.69, 9.17) is 0 Å². The number of rotatable bonds is 5. The van der Waals surface area contributed by atoms with Crippen LogP contribution in [0.5, 0.6) is 0 Å². The molecule has 0 aromatic heterocycles. The first kappa shape index (κ1) is 14.1. The molecule has 0 saturated carbocycles. The number of halogens is 2. The van der Waals surface area contributed by atoms with Gasteiger partial charge in [-0.25, -0.2) is 8.78 Å². The minimum Gasteiger partial charge on any atom is -0.396 e. The van der Waals surface area contributed by atoms with E-state index in [2.05, 4.69) is 0 Å². The Morgan fingerprint density at radius 1 is 1.18 bits per heavy atom. The average molecular weight is 244 g/mol. The van der Waals surface area contributed by atoms with E-state index in [9.17, 15) is 19.0 Å². The van der Waals surface area contributed by atoms with Gasteiger partial charge in [0.05, 0.1) is 13.2 Å². The van der Waals surface area contributed by atoms with Crippen LogP contribution in [0.3, 0.4) is 0 Å². The van der Waals surface area contributed by atoms with Crippen molar-refractivity contribution in [1.82, 2.24) is 0 Å². The lowest BCUT2D eigenvalue weighted by Crippen LogP contribution is -2.38. The van der Waals surface area contributed by atoms with Gasteiger partial charge >= 0.3 is 0 Å². The van der Waals surface area contributed by atoms with Crippen molar-refractivity contribution in [3.8, 4) is 0 Å². The average Bonchev–Trinajstić information content (AvgIpc) is 2.31. The number of hydrogen-bond acceptors (Lipinski definition) is 2. The van der Waals surface area contributed by atoms with Crippen LogP contribution < -0.4 is 0 Å². The highest BCUT2D eigenvalue weighted by Gasteiger charge is 2.33. The monoisotopic (exact) mass is 244 g/mol. The second kappa shape index (κ2) is 5.56. The van der Waals surface area contributed by atoms with Crippen molar-refractivity contribution in [2.45, 2.75) is 20.3 Å². The Labute approximate surface area is 99.9 Å². The molecule has 0 unspecified atom stereocenters. The van der Waals surface area contributed by atoms with Gasteiger partial charge in [-0.1, -0.05) is 26.0 Å². The number of aliphatic hydroxyl groups excluding tert-OH is 2. The summed E-state index contributed by atoms with van der Waals surface area (Å²) in [7, 11) is 0. The second-order valence-corrected chi connectivity index (χ2v) is 4.72. The molecule has 1 aromatic carbocycles. The first-order valence-electron chi connectivity index (χ1n) is 5.61. The van der Waals surface area contributed by atoms with Crippen molar-refractivity contribution in [3.05, 3.63) is 35.4 Å². The van der Waals surface area contributed by atoms with Gasteiger partial charge in [0.1, 0.15) is 0 Å². The summed E-state index contributed by atoms with van der Waals surface area (Å²) >= 11 is 0. The molecule has 17 heavy (non-hydrogen) atoms. The van der Waals surface area contributed by atoms with Crippen molar-refractivity contribution in [2.24, 2.45) is 11.3 Å². The zero-order valence-electron chi connectivity index (χ0n) is 10.1. The summed E-state index contributed by atoms with van der Waals surface area (Å²) in [5, 5.41) is 18.8. The second-order valence-electron chi connectivity index (χ2n) is 4.72. The third-order valence-corrected chi connectivity index (χ3v) is 3.43. The van der Waals surface area contributed by atoms with Gasteiger partial charge in [0.25, 0.3) is 0 Å². The Morgan fingerprint density at radius 2 is 1.76 bits per heavy atom. The van der Waals surface area contributed by atoms with Gasteiger partial charge < -0.3 is 10.2 Å². The fraction of sp³-hybridized carbons (Fsp3) is 0.538. The summed E-state index contributed by atoms with van der Waals surface area (Å²) in [4.78, 5) is 0. The number of benzene rings is 1. The third-order valence-electron chi connectivity index (χ3n) is 3.43. The summed E-state index contributed by atoms with van der Waals surface area (Å²) in [6.07, 6.45) is 0.112. The number of aliphatic hydroxyl groups is 2. The van der Waals surface area contributed by atoms with Crippen LogP contribution in [0.2, 0.25) is 0 Å². The standard InChI is InChI=1S/C13H18F2O2/c1-9(2)13(7-16,8-17)6-10-4-3-5-11(14)12(10)15/h3-5,9,16-17H,6-8H2,1-2H3. The molecule has 1 rings (SSSR count). The zero-order valence-corrected chi connectivity index (χ0v) is 10.1. The van der Waals surface area contributed by atoms with Crippen LogP contribution in [-0.2, 0) is 6.42 Å². The molecule has 0 radical (unpaired) electrons. The molecule has 2 N–H and O–H groups in total. The summed E-state index contributed by atoms with van der Waals surface area (Å²) in [5.41, 5.74) is -0.643. The van der Waals surface area contributed by atoms with Crippen molar-refractivity contribution in [2.75, 3.05) is 13.2 Å². The molecule has 0 aliphatic carbocycles. The molecule has 0 fully saturated rings. The predicted octanol–water partition coefficient (Wildman–Crippen LogP) is 2.13. The molecule has 1 aromatic rings. The van der Waals surface area contributed by atoms with Crippen LogP contribution in [-0.4, -0.2) is 23.4 Å². The van der Waals surface area contributed by atoms with Crippen LogP contribution in [0.4, 0.5) is 8.78 Å². The molecular formula is C13H18F2O2. The molecule has 4 heteroatoms. The first-order chi connectivity index (χ1) is 7.96. The van der Waals surface area contributed by atoms with Crippen LogP contribution in [0.15, 0.2) is 18.2 Å². The summed E-state index contributed by atoms with van der Waals surface area (Å²) in [6, 6.07) is 3.95. The summed E-state index contributed by atoms with van der Waals surface area (Å²) in [5.74, 6) is -1.85. The van der Waals surface area contributed by atoms with E-state index in [1.54, 1.807) is 0 Å². The molecule has 96 valence electrons. The van der Waals surface area contributed by atoms with Crippen molar-refractivity contribution < 1.29 is 19.0 Å². The van der Waals surface area contributed by atoms with Crippen molar-refractivity contribution in [3.63, 3.8) is 0 Å². The Balaban J connectivity index is 3.06. The molecule has 0 bridgehead atoms. The van der Waals surface area contributed by atoms with E-state index < -0.39 is 17.0 Å². The molecule has 0 amide bonds. The van der Waals surface area contributed by atoms with E-state index in [1.807, 2.05) is 13.8 Å². The lowest BCUT2D eigenvalue weighted by atomic mass is 9.74.